The average Bonchev–Trinajstić information content (AvgIpc) is 2.66. The van der Waals surface area contributed by atoms with E-state index >= 15 is 0 Å². The van der Waals surface area contributed by atoms with Gasteiger partial charge in [-0.1, -0.05) is 0 Å². The summed E-state index contributed by atoms with van der Waals surface area (Å²) in [6.45, 7) is 6.32. The number of nitrogens with zero attached hydrogens (tertiary/aromatic N) is 3. The summed E-state index contributed by atoms with van der Waals surface area (Å²) in [5, 5.41) is 9.17. The molecule has 2 atom stereocenters. The van der Waals surface area contributed by atoms with E-state index in [0.717, 1.165) is 12.8 Å². The monoisotopic (exact) mass is 400 g/mol. The molecule has 0 aliphatic carbocycles. The number of carbonyl (C=O) groups excluding carboxylic acids is 2. The van der Waals surface area contributed by atoms with Crippen molar-refractivity contribution in [2.75, 3.05) is 24.6 Å². The third kappa shape index (κ3) is 4.98. The normalized spacial score (nSPS) is 21.8. The molecular formula is C21H28N4O4. The maximum atomic E-state index is 12.7. The lowest BCUT2D eigenvalue weighted by Gasteiger charge is -2.40. The summed E-state index contributed by atoms with van der Waals surface area (Å²) < 4.78 is 11.0. The van der Waals surface area contributed by atoms with Crippen molar-refractivity contribution in [3.05, 3.63) is 23.8 Å². The molecular weight excluding hydrogens is 372 g/mol. The predicted molar refractivity (Wildman–Crippen MR) is 108 cm³/mol. The van der Waals surface area contributed by atoms with Crippen LogP contribution in [0.1, 0.15) is 45.6 Å². The smallest absolute Gasteiger partial charge is 0.410 e. The number of piperidine rings is 1. The second-order valence-electron chi connectivity index (χ2n) is 8.54. The Morgan fingerprint density at radius 3 is 2.83 bits per heavy atom. The number of hydrogen-bond acceptors (Lipinski definition) is 6. The van der Waals surface area contributed by atoms with Crippen LogP contribution in [-0.4, -0.2) is 54.3 Å². The van der Waals surface area contributed by atoms with Gasteiger partial charge in [0.2, 0.25) is 0 Å². The van der Waals surface area contributed by atoms with E-state index in [0.29, 0.717) is 36.5 Å². The molecule has 1 saturated heterocycles. The topological polar surface area (TPSA) is 109 Å². The van der Waals surface area contributed by atoms with Crippen molar-refractivity contribution in [1.82, 2.24) is 4.90 Å². The number of nitrogens with two attached hydrogens (primary N) is 1. The van der Waals surface area contributed by atoms with E-state index in [1.165, 1.54) is 0 Å². The zero-order valence-electron chi connectivity index (χ0n) is 17.2. The summed E-state index contributed by atoms with van der Waals surface area (Å²) in [4.78, 5) is 28.5. The highest BCUT2D eigenvalue weighted by Crippen LogP contribution is 2.33. The van der Waals surface area contributed by atoms with Gasteiger partial charge in [-0.15, -0.1) is 0 Å². The Morgan fingerprint density at radius 1 is 1.38 bits per heavy atom. The SMILES string of the molecule is CC(C)(C)OC(=O)N1C[C@H](N)CC[C@H]1CCN1C(=O)COc2ccc(C#N)cc21. The number of amides is 2. The van der Waals surface area contributed by atoms with E-state index < -0.39 is 5.60 Å². The van der Waals surface area contributed by atoms with E-state index in [-0.39, 0.29) is 30.7 Å². The standard InChI is InChI=1S/C21H28N4O4/c1-21(2,3)29-20(27)25-12-15(23)5-6-16(25)8-9-24-17-10-14(11-22)4-7-18(17)28-13-19(24)26/h4,7,10,15-16H,5-6,8-9,12-13,23H2,1-3H3/t15-,16+/m1/s1. The first-order chi connectivity index (χ1) is 13.7. The van der Waals surface area contributed by atoms with Gasteiger partial charge in [-0.25, -0.2) is 4.79 Å². The lowest BCUT2D eigenvalue weighted by Crippen LogP contribution is -2.53. The van der Waals surface area contributed by atoms with Gasteiger partial charge in [0.1, 0.15) is 11.4 Å². The Hall–Kier alpha value is -2.79. The molecule has 0 spiro atoms. The summed E-state index contributed by atoms with van der Waals surface area (Å²) in [6.07, 6.45) is 1.78. The van der Waals surface area contributed by atoms with Crippen molar-refractivity contribution in [2.45, 2.75) is 57.7 Å². The molecule has 2 aliphatic heterocycles. The van der Waals surface area contributed by atoms with Gasteiger partial charge in [0, 0.05) is 25.2 Å². The number of fused-ring (bicyclic) bond motifs is 1. The van der Waals surface area contributed by atoms with Gasteiger partial charge in [0.15, 0.2) is 6.61 Å². The molecule has 8 nitrogen and oxygen atoms in total. The number of benzene rings is 1. The minimum atomic E-state index is -0.587. The fraction of sp³-hybridized carbons (Fsp3) is 0.571. The number of likely N-dealkylation sites (tertiary alicyclic amines) is 1. The Labute approximate surface area is 171 Å². The summed E-state index contributed by atoms with van der Waals surface area (Å²) in [5.74, 6) is 0.419. The van der Waals surface area contributed by atoms with Crippen LogP contribution in [0.2, 0.25) is 0 Å². The minimum Gasteiger partial charge on any atom is -0.482 e. The molecule has 3 rings (SSSR count). The highest BCUT2D eigenvalue weighted by molar-refractivity contribution is 5.98. The van der Waals surface area contributed by atoms with E-state index in [9.17, 15) is 14.9 Å². The first-order valence-corrected chi connectivity index (χ1v) is 9.90. The van der Waals surface area contributed by atoms with Crippen LogP contribution < -0.4 is 15.4 Å². The Balaban J connectivity index is 1.74. The molecule has 0 aromatic heterocycles. The maximum absolute atomic E-state index is 12.7. The Morgan fingerprint density at radius 2 is 2.14 bits per heavy atom. The fourth-order valence-electron chi connectivity index (χ4n) is 3.69. The van der Waals surface area contributed by atoms with E-state index in [1.807, 2.05) is 20.8 Å². The van der Waals surface area contributed by atoms with Crippen molar-refractivity contribution in [2.24, 2.45) is 5.73 Å². The van der Waals surface area contributed by atoms with Crippen LogP contribution in [0.4, 0.5) is 10.5 Å². The van der Waals surface area contributed by atoms with Crippen molar-refractivity contribution >= 4 is 17.7 Å². The summed E-state index contributed by atoms with van der Waals surface area (Å²) in [5.41, 5.74) is 6.55. The first kappa shape index (κ1) is 20.9. The van der Waals surface area contributed by atoms with Gasteiger partial charge in [0.05, 0.1) is 17.3 Å². The van der Waals surface area contributed by atoms with E-state index in [1.54, 1.807) is 28.0 Å². The lowest BCUT2D eigenvalue weighted by atomic mass is 9.96. The maximum Gasteiger partial charge on any atom is 0.410 e. The summed E-state index contributed by atoms with van der Waals surface area (Å²) >= 11 is 0. The largest absolute Gasteiger partial charge is 0.482 e. The molecule has 0 bridgehead atoms. The highest BCUT2D eigenvalue weighted by atomic mass is 16.6. The third-order valence-corrected chi connectivity index (χ3v) is 5.09. The molecule has 1 aromatic carbocycles. The molecule has 0 saturated carbocycles. The Bertz CT molecular complexity index is 827. The highest BCUT2D eigenvalue weighted by Gasteiger charge is 2.34. The van der Waals surface area contributed by atoms with Gasteiger partial charge in [-0.05, 0) is 58.2 Å². The second kappa shape index (κ2) is 8.29. The number of ether oxygens (including phenoxy) is 2. The molecule has 1 fully saturated rings. The molecule has 0 radical (unpaired) electrons. The van der Waals surface area contributed by atoms with Crippen molar-refractivity contribution in [3.63, 3.8) is 0 Å². The van der Waals surface area contributed by atoms with Crippen LogP contribution in [0, 0.1) is 11.3 Å². The molecule has 156 valence electrons. The molecule has 0 unspecified atom stereocenters. The minimum absolute atomic E-state index is 0.0375. The number of rotatable bonds is 3. The average molecular weight is 400 g/mol. The number of anilines is 1. The molecule has 2 aliphatic rings. The van der Waals surface area contributed by atoms with Crippen LogP contribution in [0.3, 0.4) is 0 Å². The van der Waals surface area contributed by atoms with Crippen molar-refractivity contribution in [1.29, 1.82) is 5.26 Å². The molecule has 2 N–H and O–H groups in total. The number of carbonyl (C=O) groups is 2. The molecule has 8 heteroatoms. The van der Waals surface area contributed by atoms with Gasteiger partial charge in [-0.3, -0.25) is 4.79 Å². The summed E-state index contributed by atoms with van der Waals surface area (Å²) in [7, 11) is 0. The van der Waals surface area contributed by atoms with Crippen molar-refractivity contribution < 1.29 is 19.1 Å². The van der Waals surface area contributed by atoms with Crippen LogP contribution in [-0.2, 0) is 9.53 Å². The summed E-state index contributed by atoms with van der Waals surface area (Å²) in [6, 6.07) is 6.98. The van der Waals surface area contributed by atoms with Crippen LogP contribution in [0.25, 0.3) is 0 Å². The molecule has 2 heterocycles. The van der Waals surface area contributed by atoms with E-state index in [4.69, 9.17) is 15.2 Å². The van der Waals surface area contributed by atoms with E-state index in [2.05, 4.69) is 6.07 Å². The van der Waals surface area contributed by atoms with Crippen LogP contribution in [0.15, 0.2) is 18.2 Å². The predicted octanol–water partition coefficient (Wildman–Crippen LogP) is 2.40. The second-order valence-corrected chi connectivity index (χ2v) is 8.54. The Kier molecular flexibility index (Phi) is 5.99. The van der Waals surface area contributed by atoms with Gasteiger partial charge < -0.3 is 25.0 Å². The van der Waals surface area contributed by atoms with Gasteiger partial charge in [-0.2, -0.15) is 5.26 Å². The number of nitriles is 1. The van der Waals surface area contributed by atoms with Gasteiger partial charge in [0.25, 0.3) is 5.91 Å². The van der Waals surface area contributed by atoms with Crippen LogP contribution in [0.5, 0.6) is 5.75 Å². The van der Waals surface area contributed by atoms with Gasteiger partial charge >= 0.3 is 6.09 Å². The van der Waals surface area contributed by atoms with Crippen LogP contribution >= 0.6 is 0 Å². The zero-order valence-corrected chi connectivity index (χ0v) is 17.2. The third-order valence-electron chi connectivity index (χ3n) is 5.09. The number of hydrogen-bond donors (Lipinski definition) is 1. The first-order valence-electron chi connectivity index (χ1n) is 9.90. The zero-order chi connectivity index (χ0) is 21.2. The quantitative estimate of drug-likeness (QED) is 0.834. The lowest BCUT2D eigenvalue weighted by molar-refractivity contribution is -0.121. The molecule has 2 amide bonds. The van der Waals surface area contributed by atoms with Crippen molar-refractivity contribution in [3.8, 4) is 11.8 Å². The fourth-order valence-corrected chi connectivity index (χ4v) is 3.69. The molecule has 29 heavy (non-hydrogen) atoms. The molecule has 1 aromatic rings.